The number of aryl methyl sites for hydroxylation is 1. The van der Waals surface area contributed by atoms with Gasteiger partial charge in [0.2, 0.25) is 0 Å². The third-order valence-corrected chi connectivity index (χ3v) is 4.05. The average Bonchev–Trinajstić information content (AvgIpc) is 2.45. The van der Waals surface area contributed by atoms with Crippen LogP contribution in [0, 0.1) is 6.92 Å². The SMILES string of the molecule is Cc1c(OC2CCC(N)CC2)ccc2cnccc12.Cl. The minimum Gasteiger partial charge on any atom is -0.490 e. The fraction of sp³-hybridized carbons (Fsp3) is 0.438. The molecule has 0 saturated heterocycles. The van der Waals surface area contributed by atoms with Crippen LogP contribution < -0.4 is 10.5 Å². The van der Waals surface area contributed by atoms with Crippen molar-refractivity contribution in [2.24, 2.45) is 5.73 Å². The number of ether oxygens (including phenoxy) is 1. The van der Waals surface area contributed by atoms with Crippen LogP contribution in [0.3, 0.4) is 0 Å². The second-order valence-electron chi connectivity index (χ2n) is 5.44. The van der Waals surface area contributed by atoms with Crippen molar-refractivity contribution in [2.45, 2.75) is 44.8 Å². The molecule has 0 atom stereocenters. The first kappa shape index (κ1) is 15.1. The van der Waals surface area contributed by atoms with Crippen LogP contribution in [0.25, 0.3) is 10.8 Å². The van der Waals surface area contributed by atoms with Crippen LogP contribution in [0.4, 0.5) is 0 Å². The lowest BCUT2D eigenvalue weighted by Crippen LogP contribution is -2.31. The lowest BCUT2D eigenvalue weighted by atomic mass is 9.93. The first-order chi connectivity index (χ1) is 9.24. The minimum atomic E-state index is 0. The Hall–Kier alpha value is -1.32. The van der Waals surface area contributed by atoms with Gasteiger partial charge in [-0.15, -0.1) is 12.4 Å². The van der Waals surface area contributed by atoms with E-state index in [-0.39, 0.29) is 12.4 Å². The van der Waals surface area contributed by atoms with E-state index in [1.54, 1.807) is 0 Å². The molecule has 3 nitrogen and oxygen atoms in total. The minimum absolute atomic E-state index is 0. The number of halogens is 1. The Morgan fingerprint density at radius 3 is 2.65 bits per heavy atom. The molecule has 20 heavy (non-hydrogen) atoms. The van der Waals surface area contributed by atoms with Gasteiger partial charge in [-0.3, -0.25) is 4.98 Å². The zero-order valence-corrected chi connectivity index (χ0v) is 12.5. The van der Waals surface area contributed by atoms with Crippen LogP contribution in [0.1, 0.15) is 31.2 Å². The molecule has 1 aliphatic rings. The topological polar surface area (TPSA) is 48.1 Å². The van der Waals surface area contributed by atoms with E-state index < -0.39 is 0 Å². The van der Waals surface area contributed by atoms with Crippen molar-refractivity contribution >= 4 is 23.2 Å². The van der Waals surface area contributed by atoms with Crippen LogP contribution in [0.15, 0.2) is 30.6 Å². The molecule has 0 radical (unpaired) electrons. The summed E-state index contributed by atoms with van der Waals surface area (Å²) < 4.78 is 6.17. The van der Waals surface area contributed by atoms with Gasteiger partial charge in [0, 0.05) is 23.8 Å². The second-order valence-corrected chi connectivity index (χ2v) is 5.44. The fourth-order valence-corrected chi connectivity index (χ4v) is 2.82. The number of rotatable bonds is 2. The van der Waals surface area contributed by atoms with Gasteiger partial charge in [-0.2, -0.15) is 0 Å². The third kappa shape index (κ3) is 3.05. The molecule has 0 bridgehead atoms. The zero-order valence-electron chi connectivity index (χ0n) is 11.7. The summed E-state index contributed by atoms with van der Waals surface area (Å²) in [7, 11) is 0. The number of nitrogens with two attached hydrogens (primary N) is 1. The average molecular weight is 293 g/mol. The van der Waals surface area contributed by atoms with Crippen molar-refractivity contribution in [3.8, 4) is 5.75 Å². The molecule has 1 aromatic heterocycles. The molecule has 1 aliphatic carbocycles. The largest absolute Gasteiger partial charge is 0.490 e. The number of hydrogen-bond donors (Lipinski definition) is 1. The Morgan fingerprint density at radius 2 is 1.90 bits per heavy atom. The Bertz CT molecular complexity index is 580. The highest BCUT2D eigenvalue weighted by Crippen LogP contribution is 2.30. The maximum Gasteiger partial charge on any atom is 0.123 e. The van der Waals surface area contributed by atoms with Gasteiger partial charge in [0.05, 0.1) is 6.10 Å². The van der Waals surface area contributed by atoms with Crippen molar-refractivity contribution in [2.75, 3.05) is 0 Å². The van der Waals surface area contributed by atoms with Gasteiger partial charge in [0.1, 0.15) is 5.75 Å². The smallest absolute Gasteiger partial charge is 0.123 e. The Morgan fingerprint density at radius 1 is 1.15 bits per heavy atom. The molecule has 0 aliphatic heterocycles. The Kier molecular flexibility index (Phi) is 4.84. The first-order valence-electron chi connectivity index (χ1n) is 6.99. The molecular formula is C16H21ClN2O. The predicted octanol–water partition coefficient (Wildman–Crippen LogP) is 3.61. The summed E-state index contributed by atoms with van der Waals surface area (Å²) in [5.74, 6) is 0.999. The summed E-state index contributed by atoms with van der Waals surface area (Å²) >= 11 is 0. The Labute approximate surface area is 125 Å². The second kappa shape index (κ2) is 6.42. The molecule has 2 aromatic rings. The standard InChI is InChI=1S/C16H20N2O.ClH/c1-11-15-8-9-18-10-12(15)2-7-16(11)19-14-5-3-13(17)4-6-14;/h2,7-10,13-14H,3-6,17H2,1H3;1H. The van der Waals surface area contributed by atoms with E-state index in [1.165, 1.54) is 10.9 Å². The first-order valence-corrected chi connectivity index (χ1v) is 6.99. The van der Waals surface area contributed by atoms with Crippen molar-refractivity contribution < 1.29 is 4.74 Å². The number of fused-ring (bicyclic) bond motifs is 1. The number of hydrogen-bond acceptors (Lipinski definition) is 3. The highest BCUT2D eigenvalue weighted by molar-refractivity contribution is 5.86. The maximum absolute atomic E-state index is 6.17. The van der Waals surface area contributed by atoms with Crippen LogP contribution in [0.2, 0.25) is 0 Å². The number of pyridine rings is 1. The number of benzene rings is 1. The lowest BCUT2D eigenvalue weighted by molar-refractivity contribution is 0.146. The lowest BCUT2D eigenvalue weighted by Gasteiger charge is -2.27. The van der Waals surface area contributed by atoms with E-state index in [1.807, 2.05) is 18.5 Å². The monoisotopic (exact) mass is 292 g/mol. The maximum atomic E-state index is 6.17. The zero-order chi connectivity index (χ0) is 13.2. The van der Waals surface area contributed by atoms with Crippen molar-refractivity contribution in [3.63, 3.8) is 0 Å². The summed E-state index contributed by atoms with van der Waals surface area (Å²) in [6, 6.07) is 6.56. The fourth-order valence-electron chi connectivity index (χ4n) is 2.82. The summed E-state index contributed by atoms with van der Waals surface area (Å²) in [6.07, 6.45) is 8.31. The van der Waals surface area contributed by atoms with Gasteiger partial charge in [-0.1, -0.05) is 0 Å². The molecule has 108 valence electrons. The molecular weight excluding hydrogens is 272 g/mol. The van der Waals surface area contributed by atoms with Crippen LogP contribution in [-0.4, -0.2) is 17.1 Å². The van der Waals surface area contributed by atoms with Gasteiger partial charge in [0.15, 0.2) is 0 Å². The highest BCUT2D eigenvalue weighted by atomic mass is 35.5. The molecule has 2 N–H and O–H groups in total. The van der Waals surface area contributed by atoms with E-state index in [2.05, 4.69) is 24.0 Å². The van der Waals surface area contributed by atoms with Crippen molar-refractivity contribution in [1.29, 1.82) is 0 Å². The summed E-state index contributed by atoms with van der Waals surface area (Å²) in [6.45, 7) is 2.12. The molecule has 1 heterocycles. The normalized spacial score (nSPS) is 22.3. The van der Waals surface area contributed by atoms with E-state index in [0.717, 1.165) is 36.8 Å². The van der Waals surface area contributed by atoms with Gasteiger partial charge in [-0.25, -0.2) is 0 Å². The predicted molar refractivity (Wildman–Crippen MR) is 84.6 cm³/mol. The van der Waals surface area contributed by atoms with E-state index >= 15 is 0 Å². The summed E-state index contributed by atoms with van der Waals surface area (Å²) in [5.41, 5.74) is 7.14. The summed E-state index contributed by atoms with van der Waals surface area (Å²) in [5, 5.41) is 2.39. The molecule has 0 unspecified atom stereocenters. The molecule has 1 fully saturated rings. The molecule has 4 heteroatoms. The molecule has 3 rings (SSSR count). The third-order valence-electron chi connectivity index (χ3n) is 4.05. The van der Waals surface area contributed by atoms with Gasteiger partial charge in [-0.05, 0) is 61.8 Å². The van der Waals surface area contributed by atoms with Gasteiger partial charge in [0.25, 0.3) is 0 Å². The molecule has 0 spiro atoms. The van der Waals surface area contributed by atoms with Crippen molar-refractivity contribution in [1.82, 2.24) is 4.98 Å². The number of nitrogens with zero attached hydrogens (tertiary/aromatic N) is 1. The molecule has 1 aromatic carbocycles. The van der Waals surface area contributed by atoms with Crippen LogP contribution >= 0.6 is 12.4 Å². The highest BCUT2D eigenvalue weighted by Gasteiger charge is 2.20. The molecule has 1 saturated carbocycles. The van der Waals surface area contributed by atoms with Crippen molar-refractivity contribution in [3.05, 3.63) is 36.2 Å². The van der Waals surface area contributed by atoms with Gasteiger partial charge < -0.3 is 10.5 Å². The van der Waals surface area contributed by atoms with E-state index in [4.69, 9.17) is 10.5 Å². The molecule has 0 amide bonds. The van der Waals surface area contributed by atoms with Crippen LogP contribution in [-0.2, 0) is 0 Å². The van der Waals surface area contributed by atoms with Gasteiger partial charge >= 0.3 is 0 Å². The van der Waals surface area contributed by atoms with Crippen LogP contribution in [0.5, 0.6) is 5.75 Å². The van der Waals surface area contributed by atoms with E-state index in [9.17, 15) is 0 Å². The quantitative estimate of drug-likeness (QED) is 0.920. The Balaban J connectivity index is 0.00000147. The van der Waals surface area contributed by atoms with E-state index in [0.29, 0.717) is 12.1 Å². The number of aromatic nitrogens is 1. The summed E-state index contributed by atoms with van der Waals surface area (Å²) in [4.78, 5) is 4.15.